The minimum atomic E-state index is 0.0759. The summed E-state index contributed by atoms with van der Waals surface area (Å²) in [7, 11) is 3.20. The molecule has 0 aliphatic heterocycles. The number of ether oxygens (including phenoxy) is 2. The van der Waals surface area contributed by atoms with Crippen LogP contribution in [0, 0.1) is 0 Å². The van der Waals surface area contributed by atoms with E-state index in [1.807, 2.05) is 12.3 Å². The lowest BCUT2D eigenvalue weighted by Gasteiger charge is -2.19. The number of pyridine rings is 1. The predicted octanol–water partition coefficient (Wildman–Crippen LogP) is 2.40. The van der Waals surface area contributed by atoms with Crippen molar-refractivity contribution in [3.8, 4) is 11.6 Å². The van der Waals surface area contributed by atoms with E-state index in [1.54, 1.807) is 14.2 Å². The number of rotatable bonds is 2. The van der Waals surface area contributed by atoms with E-state index in [0.717, 1.165) is 5.56 Å². The summed E-state index contributed by atoms with van der Waals surface area (Å²) in [5.74, 6) is 1.21. The molecule has 0 spiro atoms. The van der Waals surface area contributed by atoms with Crippen LogP contribution in [0.3, 0.4) is 0 Å². The second-order valence-electron chi connectivity index (χ2n) is 4.19. The van der Waals surface area contributed by atoms with Gasteiger partial charge < -0.3 is 9.47 Å². The fourth-order valence-electron chi connectivity index (χ4n) is 1.14. The van der Waals surface area contributed by atoms with Crippen molar-refractivity contribution < 1.29 is 9.47 Å². The molecule has 0 amide bonds. The SMILES string of the molecule is COc1cc(C(C)(C)C)cnc1OC. The van der Waals surface area contributed by atoms with Crippen molar-refractivity contribution in [1.82, 2.24) is 4.98 Å². The van der Waals surface area contributed by atoms with Gasteiger partial charge in [0.25, 0.3) is 5.88 Å². The van der Waals surface area contributed by atoms with Crippen molar-refractivity contribution in [3.05, 3.63) is 17.8 Å². The van der Waals surface area contributed by atoms with Gasteiger partial charge in [0.05, 0.1) is 14.2 Å². The minimum absolute atomic E-state index is 0.0759. The molecule has 0 radical (unpaired) electrons. The molecule has 0 saturated heterocycles. The van der Waals surface area contributed by atoms with E-state index >= 15 is 0 Å². The standard InChI is InChI=1S/C11H17NO2/c1-11(2,3)8-6-9(13-4)10(14-5)12-7-8/h6-7H,1-5H3. The van der Waals surface area contributed by atoms with Gasteiger partial charge in [-0.1, -0.05) is 20.8 Å². The van der Waals surface area contributed by atoms with Gasteiger partial charge in [0.1, 0.15) is 0 Å². The van der Waals surface area contributed by atoms with Gasteiger partial charge in [0, 0.05) is 6.20 Å². The maximum atomic E-state index is 5.18. The van der Waals surface area contributed by atoms with Crippen LogP contribution in [0.1, 0.15) is 26.3 Å². The summed E-state index contributed by atoms with van der Waals surface area (Å²) in [5.41, 5.74) is 1.21. The molecule has 0 saturated carbocycles. The Bertz CT molecular complexity index is 316. The van der Waals surface area contributed by atoms with Gasteiger partial charge in [-0.2, -0.15) is 0 Å². The fourth-order valence-corrected chi connectivity index (χ4v) is 1.14. The highest BCUT2D eigenvalue weighted by molar-refractivity contribution is 5.38. The molecule has 1 aromatic heterocycles. The molecule has 0 fully saturated rings. The average molecular weight is 195 g/mol. The Morgan fingerprint density at radius 2 is 1.79 bits per heavy atom. The predicted molar refractivity (Wildman–Crippen MR) is 56.0 cm³/mol. The summed E-state index contributed by atoms with van der Waals surface area (Å²) in [5, 5.41) is 0. The van der Waals surface area contributed by atoms with Crippen LogP contribution in [0.15, 0.2) is 12.3 Å². The third-order valence-electron chi connectivity index (χ3n) is 2.10. The highest BCUT2D eigenvalue weighted by atomic mass is 16.5. The molecule has 14 heavy (non-hydrogen) atoms. The number of aromatic nitrogens is 1. The average Bonchev–Trinajstić information content (AvgIpc) is 2.15. The first-order chi connectivity index (χ1) is 6.49. The summed E-state index contributed by atoms with van der Waals surface area (Å²) in [6.07, 6.45) is 1.82. The largest absolute Gasteiger partial charge is 0.491 e. The lowest BCUT2D eigenvalue weighted by atomic mass is 9.88. The molecular formula is C11H17NO2. The van der Waals surface area contributed by atoms with E-state index in [-0.39, 0.29) is 5.41 Å². The smallest absolute Gasteiger partial charge is 0.256 e. The molecule has 0 bridgehead atoms. The van der Waals surface area contributed by atoms with Crippen LogP contribution in [0.5, 0.6) is 11.6 Å². The quantitative estimate of drug-likeness (QED) is 0.726. The van der Waals surface area contributed by atoms with Crippen LogP contribution < -0.4 is 9.47 Å². The van der Waals surface area contributed by atoms with Gasteiger partial charge in [-0.15, -0.1) is 0 Å². The van der Waals surface area contributed by atoms with Crippen molar-refractivity contribution >= 4 is 0 Å². The number of nitrogens with zero attached hydrogens (tertiary/aromatic N) is 1. The van der Waals surface area contributed by atoms with Crippen LogP contribution >= 0.6 is 0 Å². The van der Waals surface area contributed by atoms with E-state index in [0.29, 0.717) is 11.6 Å². The molecule has 1 rings (SSSR count). The monoisotopic (exact) mass is 195 g/mol. The first-order valence-corrected chi connectivity index (χ1v) is 4.57. The second kappa shape index (κ2) is 3.86. The summed E-state index contributed by atoms with van der Waals surface area (Å²) >= 11 is 0. The second-order valence-corrected chi connectivity index (χ2v) is 4.19. The number of methoxy groups -OCH3 is 2. The summed E-state index contributed by atoms with van der Waals surface area (Å²) in [6, 6.07) is 1.96. The van der Waals surface area contributed by atoms with E-state index < -0.39 is 0 Å². The molecule has 78 valence electrons. The topological polar surface area (TPSA) is 31.4 Å². The molecule has 3 nitrogen and oxygen atoms in total. The fraction of sp³-hybridized carbons (Fsp3) is 0.545. The maximum absolute atomic E-state index is 5.18. The van der Waals surface area contributed by atoms with Gasteiger partial charge in [0.2, 0.25) is 0 Å². The lowest BCUT2D eigenvalue weighted by molar-refractivity contribution is 0.341. The molecule has 1 aromatic rings. The Morgan fingerprint density at radius 3 is 2.21 bits per heavy atom. The first-order valence-electron chi connectivity index (χ1n) is 4.57. The molecule has 0 aromatic carbocycles. The van der Waals surface area contributed by atoms with Crippen molar-refractivity contribution in [2.75, 3.05) is 14.2 Å². The van der Waals surface area contributed by atoms with Gasteiger partial charge in [0.15, 0.2) is 5.75 Å². The van der Waals surface area contributed by atoms with Crippen molar-refractivity contribution in [2.45, 2.75) is 26.2 Å². The normalized spacial score (nSPS) is 11.2. The Morgan fingerprint density at radius 1 is 1.14 bits per heavy atom. The van der Waals surface area contributed by atoms with Crippen LogP contribution in [-0.2, 0) is 5.41 Å². The molecule has 0 aliphatic rings. The Kier molecular flexibility index (Phi) is 2.99. The molecule has 1 heterocycles. The highest BCUT2D eigenvalue weighted by Crippen LogP contribution is 2.30. The minimum Gasteiger partial charge on any atom is -0.491 e. The zero-order valence-corrected chi connectivity index (χ0v) is 9.42. The molecule has 0 N–H and O–H groups in total. The van der Waals surface area contributed by atoms with Crippen molar-refractivity contribution in [3.63, 3.8) is 0 Å². The van der Waals surface area contributed by atoms with Gasteiger partial charge in [-0.25, -0.2) is 4.98 Å². The Labute approximate surface area is 85.1 Å². The Hall–Kier alpha value is -1.25. The van der Waals surface area contributed by atoms with E-state index in [1.165, 1.54) is 0 Å². The highest BCUT2D eigenvalue weighted by Gasteiger charge is 2.16. The summed E-state index contributed by atoms with van der Waals surface area (Å²) in [4.78, 5) is 4.19. The van der Waals surface area contributed by atoms with E-state index in [2.05, 4.69) is 25.8 Å². The molecular weight excluding hydrogens is 178 g/mol. The molecule has 0 unspecified atom stereocenters. The van der Waals surface area contributed by atoms with Gasteiger partial charge in [-0.05, 0) is 17.0 Å². The first kappa shape index (κ1) is 10.8. The summed E-state index contributed by atoms with van der Waals surface area (Å²) in [6.45, 7) is 6.40. The third-order valence-corrected chi connectivity index (χ3v) is 2.10. The van der Waals surface area contributed by atoms with Crippen molar-refractivity contribution in [1.29, 1.82) is 0 Å². The van der Waals surface area contributed by atoms with Crippen LogP contribution in [-0.4, -0.2) is 19.2 Å². The van der Waals surface area contributed by atoms with Gasteiger partial charge in [-0.3, -0.25) is 0 Å². The maximum Gasteiger partial charge on any atom is 0.256 e. The van der Waals surface area contributed by atoms with E-state index in [4.69, 9.17) is 9.47 Å². The summed E-state index contributed by atoms with van der Waals surface area (Å²) < 4.78 is 10.3. The zero-order valence-electron chi connectivity index (χ0n) is 9.42. The van der Waals surface area contributed by atoms with E-state index in [9.17, 15) is 0 Å². The molecule has 0 atom stereocenters. The number of hydrogen-bond donors (Lipinski definition) is 0. The lowest BCUT2D eigenvalue weighted by Crippen LogP contribution is -2.12. The van der Waals surface area contributed by atoms with Crippen molar-refractivity contribution in [2.24, 2.45) is 0 Å². The van der Waals surface area contributed by atoms with Crippen LogP contribution in [0.4, 0.5) is 0 Å². The number of hydrogen-bond acceptors (Lipinski definition) is 3. The Balaban J connectivity index is 3.14. The third kappa shape index (κ3) is 2.16. The van der Waals surface area contributed by atoms with Crippen LogP contribution in [0.25, 0.3) is 0 Å². The zero-order chi connectivity index (χ0) is 10.8. The van der Waals surface area contributed by atoms with Gasteiger partial charge >= 0.3 is 0 Å². The van der Waals surface area contributed by atoms with Crippen LogP contribution in [0.2, 0.25) is 0 Å². The molecule has 3 heteroatoms. The molecule has 0 aliphatic carbocycles.